The quantitative estimate of drug-likeness (QED) is 0.160. The fourth-order valence-corrected chi connectivity index (χ4v) is 4.99. The van der Waals surface area contributed by atoms with Gasteiger partial charge >= 0.3 is 5.97 Å². The molecule has 9 nitrogen and oxygen atoms in total. The van der Waals surface area contributed by atoms with E-state index in [1.807, 2.05) is 50.2 Å². The van der Waals surface area contributed by atoms with Gasteiger partial charge in [0.05, 0.1) is 36.4 Å². The van der Waals surface area contributed by atoms with Gasteiger partial charge in [-0.2, -0.15) is 9.78 Å². The van der Waals surface area contributed by atoms with Crippen LogP contribution >= 0.6 is 0 Å². The minimum atomic E-state index is -0.980. The standard InChI is InChI=1S/C36H35N3O6/c1-6-44-33-18-25(13-16-31(33)45-21-24-11-14-26(15-12-24)36(41)42)20-37-39-34(38-30-10-8-7-9-27(30)35(39)40)29-19-28(22(2)3)32(43-5)17-23(29)4/h7-20,22H,6,21H2,1-5H3,(H,41,42). The summed E-state index contributed by atoms with van der Waals surface area (Å²) >= 11 is 0. The van der Waals surface area contributed by atoms with Crippen molar-refractivity contribution in [2.24, 2.45) is 5.10 Å². The lowest BCUT2D eigenvalue weighted by atomic mass is 9.96. The maximum atomic E-state index is 13.8. The molecule has 1 heterocycles. The van der Waals surface area contributed by atoms with Crippen LogP contribution in [0, 0.1) is 6.92 Å². The van der Waals surface area contributed by atoms with Crippen LogP contribution in [0.1, 0.15) is 59.3 Å². The van der Waals surface area contributed by atoms with E-state index >= 15 is 0 Å². The molecule has 1 N–H and O–H groups in total. The van der Waals surface area contributed by atoms with E-state index in [2.05, 4.69) is 18.9 Å². The van der Waals surface area contributed by atoms with Gasteiger partial charge in [0.15, 0.2) is 17.3 Å². The van der Waals surface area contributed by atoms with Crippen LogP contribution in [-0.4, -0.2) is 40.7 Å². The monoisotopic (exact) mass is 605 g/mol. The van der Waals surface area contributed by atoms with Gasteiger partial charge in [0.2, 0.25) is 0 Å². The molecule has 45 heavy (non-hydrogen) atoms. The summed E-state index contributed by atoms with van der Waals surface area (Å²) in [5.74, 6) is 1.46. The van der Waals surface area contributed by atoms with Gasteiger partial charge in [0.25, 0.3) is 5.56 Å². The third kappa shape index (κ3) is 6.72. The molecule has 230 valence electrons. The first-order valence-corrected chi connectivity index (χ1v) is 14.7. The molecule has 0 fully saturated rings. The Balaban J connectivity index is 1.53. The minimum Gasteiger partial charge on any atom is -0.496 e. The van der Waals surface area contributed by atoms with Crippen molar-refractivity contribution in [2.45, 2.75) is 40.2 Å². The molecule has 0 spiro atoms. The predicted molar refractivity (Wildman–Crippen MR) is 175 cm³/mol. The summed E-state index contributed by atoms with van der Waals surface area (Å²) in [5, 5.41) is 14.2. The van der Waals surface area contributed by atoms with Crippen molar-refractivity contribution in [3.05, 3.63) is 117 Å². The van der Waals surface area contributed by atoms with Gasteiger partial charge in [0, 0.05) is 5.56 Å². The Bertz CT molecular complexity index is 1940. The number of rotatable bonds is 11. The van der Waals surface area contributed by atoms with Crippen molar-refractivity contribution in [3.63, 3.8) is 0 Å². The summed E-state index contributed by atoms with van der Waals surface area (Å²) < 4.78 is 18.8. The highest BCUT2D eigenvalue weighted by atomic mass is 16.5. The van der Waals surface area contributed by atoms with Crippen LogP contribution in [-0.2, 0) is 6.61 Å². The first-order chi connectivity index (χ1) is 21.7. The highest BCUT2D eigenvalue weighted by molar-refractivity contribution is 5.87. The highest BCUT2D eigenvalue weighted by Crippen LogP contribution is 2.34. The topological polar surface area (TPSA) is 112 Å². The molecule has 0 unspecified atom stereocenters. The minimum absolute atomic E-state index is 0.185. The van der Waals surface area contributed by atoms with Crippen LogP contribution in [0.25, 0.3) is 22.3 Å². The second kappa shape index (κ2) is 13.5. The Morgan fingerprint density at radius 1 is 0.978 bits per heavy atom. The number of hydrogen-bond acceptors (Lipinski definition) is 7. The van der Waals surface area contributed by atoms with Crippen LogP contribution in [0.5, 0.6) is 17.2 Å². The number of aryl methyl sites for hydroxylation is 1. The average molecular weight is 606 g/mol. The van der Waals surface area contributed by atoms with Gasteiger partial charge in [-0.15, -0.1) is 0 Å². The third-order valence-corrected chi connectivity index (χ3v) is 7.38. The fraction of sp³-hybridized carbons (Fsp3) is 0.222. The van der Waals surface area contributed by atoms with Gasteiger partial charge in [-0.1, -0.05) is 38.1 Å². The zero-order valence-electron chi connectivity index (χ0n) is 25.9. The second-order valence-corrected chi connectivity index (χ2v) is 10.8. The van der Waals surface area contributed by atoms with Crippen LogP contribution in [0.4, 0.5) is 0 Å². The zero-order valence-corrected chi connectivity index (χ0v) is 25.9. The molecule has 0 atom stereocenters. The van der Waals surface area contributed by atoms with E-state index < -0.39 is 5.97 Å². The van der Waals surface area contributed by atoms with Crippen LogP contribution < -0.4 is 19.8 Å². The maximum absolute atomic E-state index is 13.8. The molecule has 0 radical (unpaired) electrons. The van der Waals surface area contributed by atoms with Gasteiger partial charge in [-0.25, -0.2) is 9.78 Å². The predicted octanol–water partition coefficient (Wildman–Crippen LogP) is 7.06. The summed E-state index contributed by atoms with van der Waals surface area (Å²) in [5.41, 5.74) is 4.72. The number of ether oxygens (including phenoxy) is 3. The molecule has 0 bridgehead atoms. The Labute approximate surface area is 261 Å². The molecule has 5 aromatic rings. The number of hydrogen-bond donors (Lipinski definition) is 1. The smallest absolute Gasteiger partial charge is 0.335 e. The van der Waals surface area contributed by atoms with Crippen LogP contribution in [0.2, 0.25) is 0 Å². The van der Waals surface area contributed by atoms with Gasteiger partial charge in [-0.05, 0) is 96.6 Å². The van der Waals surface area contributed by atoms with Crippen molar-refractivity contribution in [1.29, 1.82) is 0 Å². The lowest BCUT2D eigenvalue weighted by Gasteiger charge is -2.17. The second-order valence-electron chi connectivity index (χ2n) is 10.8. The number of carboxylic acids is 1. The summed E-state index contributed by atoms with van der Waals surface area (Å²) in [6.07, 6.45) is 1.60. The van der Waals surface area contributed by atoms with Crippen LogP contribution in [0.15, 0.2) is 88.8 Å². The number of fused-ring (bicyclic) bond motifs is 1. The lowest BCUT2D eigenvalue weighted by molar-refractivity contribution is 0.0697. The number of carbonyl (C=O) groups is 1. The molecule has 0 aliphatic rings. The van der Waals surface area contributed by atoms with E-state index in [0.29, 0.717) is 40.4 Å². The molecular weight excluding hydrogens is 570 g/mol. The largest absolute Gasteiger partial charge is 0.496 e. The molecule has 0 saturated carbocycles. The van der Waals surface area contributed by atoms with E-state index in [-0.39, 0.29) is 23.6 Å². The van der Waals surface area contributed by atoms with Gasteiger partial charge < -0.3 is 19.3 Å². The number of aromatic nitrogens is 2. The summed E-state index contributed by atoms with van der Waals surface area (Å²) in [6, 6.07) is 23.1. The third-order valence-electron chi connectivity index (χ3n) is 7.38. The van der Waals surface area contributed by atoms with Crippen molar-refractivity contribution in [2.75, 3.05) is 13.7 Å². The van der Waals surface area contributed by atoms with Crippen molar-refractivity contribution in [1.82, 2.24) is 9.66 Å². The molecule has 1 aromatic heterocycles. The molecule has 0 aliphatic carbocycles. The average Bonchev–Trinajstić information content (AvgIpc) is 3.04. The van der Waals surface area contributed by atoms with Crippen molar-refractivity contribution in [3.8, 4) is 28.6 Å². The van der Waals surface area contributed by atoms with Crippen LogP contribution in [0.3, 0.4) is 0 Å². The Hall–Kier alpha value is -5.44. The normalized spacial score (nSPS) is 11.3. The van der Waals surface area contributed by atoms with E-state index in [9.17, 15) is 9.59 Å². The summed E-state index contributed by atoms with van der Waals surface area (Å²) in [7, 11) is 1.65. The van der Waals surface area contributed by atoms with Gasteiger partial charge in [-0.3, -0.25) is 4.79 Å². The first-order valence-electron chi connectivity index (χ1n) is 14.7. The number of nitrogens with zero attached hydrogens (tertiary/aromatic N) is 3. The molecule has 4 aromatic carbocycles. The molecule has 0 aliphatic heterocycles. The molecule has 0 saturated heterocycles. The Kier molecular flexibility index (Phi) is 9.28. The van der Waals surface area contributed by atoms with E-state index in [0.717, 1.165) is 28.0 Å². The fourth-order valence-electron chi connectivity index (χ4n) is 4.99. The van der Waals surface area contributed by atoms with Crippen molar-refractivity contribution >= 4 is 23.1 Å². The zero-order chi connectivity index (χ0) is 32.1. The lowest BCUT2D eigenvalue weighted by Crippen LogP contribution is -2.20. The summed E-state index contributed by atoms with van der Waals surface area (Å²) in [4.78, 5) is 29.8. The highest BCUT2D eigenvalue weighted by Gasteiger charge is 2.18. The van der Waals surface area contributed by atoms with Crippen molar-refractivity contribution < 1.29 is 24.1 Å². The molecule has 9 heteroatoms. The van der Waals surface area contributed by atoms with E-state index in [1.54, 1.807) is 55.8 Å². The SMILES string of the molecule is CCOc1cc(C=Nn2c(-c3cc(C(C)C)c(OC)cc3C)nc3ccccc3c2=O)ccc1OCc1ccc(C(=O)O)cc1. The number of benzene rings is 4. The first kappa shape index (κ1) is 31.0. The van der Waals surface area contributed by atoms with Gasteiger partial charge in [0.1, 0.15) is 12.4 Å². The molecular formula is C36H35N3O6. The molecule has 5 rings (SSSR count). The number of methoxy groups -OCH3 is 1. The van der Waals surface area contributed by atoms with E-state index in [4.69, 9.17) is 24.3 Å². The maximum Gasteiger partial charge on any atom is 0.335 e. The summed E-state index contributed by atoms with van der Waals surface area (Å²) in [6.45, 7) is 8.67. The molecule has 0 amide bonds. The number of para-hydroxylation sites is 1. The Morgan fingerprint density at radius 3 is 2.42 bits per heavy atom. The van der Waals surface area contributed by atoms with E-state index in [1.165, 1.54) is 4.68 Å². The Morgan fingerprint density at radius 2 is 1.73 bits per heavy atom. The number of carboxylic acid groups (broad SMARTS) is 1. The number of aromatic carboxylic acids is 1.